The molecule has 0 atom stereocenters. The maximum absolute atomic E-state index is 4.17. The number of nitrogens with one attached hydrogen (secondary N) is 1. The van der Waals surface area contributed by atoms with Crippen molar-refractivity contribution in [3.63, 3.8) is 0 Å². The van der Waals surface area contributed by atoms with Crippen molar-refractivity contribution < 1.29 is 0 Å². The molecule has 0 unspecified atom stereocenters. The number of hydrogen-bond donors (Lipinski definition) is 1. The maximum atomic E-state index is 4.17. The fraction of sp³-hybridized carbons (Fsp3) is 0.800. The monoisotopic (exact) mass is 228 g/mol. The van der Waals surface area contributed by atoms with Crippen LogP contribution >= 0.6 is 11.3 Å². The molecule has 0 amide bonds. The number of hydrogen-bond acceptors (Lipinski definition) is 5. The van der Waals surface area contributed by atoms with Crippen molar-refractivity contribution in [1.29, 1.82) is 0 Å². The quantitative estimate of drug-likeness (QED) is 0.777. The van der Waals surface area contributed by atoms with Gasteiger partial charge >= 0.3 is 0 Å². The first-order valence-corrected chi connectivity index (χ1v) is 6.40. The van der Waals surface area contributed by atoms with Gasteiger partial charge in [-0.3, -0.25) is 4.90 Å². The second-order valence-corrected chi connectivity index (χ2v) is 4.45. The number of nitrogens with zero attached hydrogens (tertiary/aromatic N) is 3. The summed E-state index contributed by atoms with van der Waals surface area (Å²) in [7, 11) is 0. The highest BCUT2D eigenvalue weighted by Crippen LogP contribution is 2.16. The third-order valence-electron chi connectivity index (χ3n) is 2.25. The van der Waals surface area contributed by atoms with Crippen LogP contribution in [0.15, 0.2) is 0 Å². The van der Waals surface area contributed by atoms with Crippen LogP contribution in [-0.2, 0) is 6.54 Å². The molecule has 0 aliphatic carbocycles. The van der Waals surface area contributed by atoms with Crippen LogP contribution in [0.5, 0.6) is 0 Å². The smallest absolute Gasteiger partial charge is 0.205 e. The molecule has 1 heterocycles. The molecule has 0 fully saturated rings. The van der Waals surface area contributed by atoms with E-state index in [0.717, 1.165) is 42.7 Å². The van der Waals surface area contributed by atoms with Gasteiger partial charge in [0.2, 0.25) is 5.13 Å². The van der Waals surface area contributed by atoms with Gasteiger partial charge in [-0.1, -0.05) is 32.1 Å². The van der Waals surface area contributed by atoms with E-state index < -0.39 is 0 Å². The second-order valence-electron chi connectivity index (χ2n) is 3.39. The average Bonchev–Trinajstić information content (AvgIpc) is 2.70. The molecule has 1 rings (SSSR count). The number of aromatic nitrogens is 2. The van der Waals surface area contributed by atoms with Gasteiger partial charge in [-0.15, -0.1) is 10.2 Å². The van der Waals surface area contributed by atoms with E-state index >= 15 is 0 Å². The molecule has 0 spiro atoms. The SMILES string of the molecule is CCCNc1nnc(CN(CC)CC)s1. The molecular weight excluding hydrogens is 208 g/mol. The fourth-order valence-electron chi connectivity index (χ4n) is 1.26. The Bertz CT molecular complexity index is 270. The zero-order valence-electron chi connectivity index (χ0n) is 9.79. The Morgan fingerprint density at radius 3 is 2.53 bits per heavy atom. The predicted molar refractivity (Wildman–Crippen MR) is 65.3 cm³/mol. The summed E-state index contributed by atoms with van der Waals surface area (Å²) in [5.74, 6) is 0. The molecule has 0 aliphatic heterocycles. The highest BCUT2D eigenvalue weighted by molar-refractivity contribution is 7.15. The van der Waals surface area contributed by atoms with Gasteiger partial charge in [-0.2, -0.15) is 0 Å². The van der Waals surface area contributed by atoms with Crippen LogP contribution in [-0.4, -0.2) is 34.7 Å². The molecule has 0 radical (unpaired) electrons. The lowest BCUT2D eigenvalue weighted by molar-refractivity contribution is 0.294. The van der Waals surface area contributed by atoms with Gasteiger partial charge < -0.3 is 5.32 Å². The minimum absolute atomic E-state index is 0.915. The summed E-state index contributed by atoms with van der Waals surface area (Å²) in [6.07, 6.45) is 1.12. The van der Waals surface area contributed by atoms with Crippen molar-refractivity contribution in [3.8, 4) is 0 Å². The van der Waals surface area contributed by atoms with Crippen molar-refractivity contribution in [2.45, 2.75) is 33.7 Å². The first-order valence-electron chi connectivity index (χ1n) is 5.58. The lowest BCUT2D eigenvalue weighted by atomic mass is 10.5. The van der Waals surface area contributed by atoms with Gasteiger partial charge in [0.15, 0.2) is 0 Å². The summed E-state index contributed by atoms with van der Waals surface area (Å²) in [6, 6.07) is 0. The van der Waals surface area contributed by atoms with Crippen molar-refractivity contribution in [2.75, 3.05) is 25.0 Å². The normalized spacial score (nSPS) is 10.9. The molecule has 5 heteroatoms. The molecule has 0 aromatic carbocycles. The molecule has 4 nitrogen and oxygen atoms in total. The number of rotatable bonds is 7. The van der Waals surface area contributed by atoms with Crippen LogP contribution in [0.1, 0.15) is 32.2 Å². The lowest BCUT2D eigenvalue weighted by Gasteiger charge is -2.15. The van der Waals surface area contributed by atoms with E-state index in [4.69, 9.17) is 0 Å². The van der Waals surface area contributed by atoms with E-state index in [1.165, 1.54) is 0 Å². The Balaban J connectivity index is 2.44. The fourth-order valence-corrected chi connectivity index (χ4v) is 2.07. The summed E-state index contributed by atoms with van der Waals surface area (Å²) < 4.78 is 0. The van der Waals surface area contributed by atoms with Crippen molar-refractivity contribution in [2.24, 2.45) is 0 Å². The molecule has 86 valence electrons. The zero-order chi connectivity index (χ0) is 11.1. The van der Waals surface area contributed by atoms with Crippen LogP contribution in [0.3, 0.4) is 0 Å². The minimum atomic E-state index is 0.915. The van der Waals surface area contributed by atoms with Crippen LogP contribution < -0.4 is 5.32 Å². The number of anilines is 1. The van der Waals surface area contributed by atoms with E-state index in [1.807, 2.05) is 0 Å². The van der Waals surface area contributed by atoms with Crippen molar-refractivity contribution in [3.05, 3.63) is 5.01 Å². The van der Waals surface area contributed by atoms with Crippen molar-refractivity contribution in [1.82, 2.24) is 15.1 Å². The Morgan fingerprint density at radius 1 is 1.20 bits per heavy atom. The van der Waals surface area contributed by atoms with Gasteiger partial charge in [-0.05, 0) is 19.5 Å². The summed E-state index contributed by atoms with van der Waals surface area (Å²) >= 11 is 1.66. The van der Waals surface area contributed by atoms with E-state index in [9.17, 15) is 0 Å². The van der Waals surface area contributed by atoms with Gasteiger partial charge in [0.05, 0.1) is 6.54 Å². The van der Waals surface area contributed by atoms with Gasteiger partial charge in [0, 0.05) is 6.54 Å². The molecule has 0 aliphatic rings. The molecule has 0 saturated heterocycles. The van der Waals surface area contributed by atoms with Gasteiger partial charge in [0.25, 0.3) is 0 Å². The molecule has 0 saturated carbocycles. The standard InChI is InChI=1S/C10H20N4S/c1-4-7-11-10-13-12-9(15-10)8-14(5-2)6-3/h4-8H2,1-3H3,(H,11,13). The summed E-state index contributed by atoms with van der Waals surface area (Å²) in [5.41, 5.74) is 0. The lowest BCUT2D eigenvalue weighted by Crippen LogP contribution is -2.21. The Labute approximate surface area is 95.7 Å². The van der Waals surface area contributed by atoms with Crippen LogP contribution in [0, 0.1) is 0 Å². The first-order chi connectivity index (χ1) is 7.30. The Morgan fingerprint density at radius 2 is 1.93 bits per heavy atom. The maximum Gasteiger partial charge on any atom is 0.205 e. The minimum Gasteiger partial charge on any atom is -0.360 e. The zero-order valence-corrected chi connectivity index (χ0v) is 10.6. The topological polar surface area (TPSA) is 41.1 Å². The third-order valence-corrected chi connectivity index (χ3v) is 3.11. The molecule has 1 aromatic heterocycles. The summed E-state index contributed by atoms with van der Waals surface area (Å²) in [4.78, 5) is 2.34. The molecular formula is C10H20N4S. The molecule has 1 N–H and O–H groups in total. The van der Waals surface area contributed by atoms with Crippen LogP contribution in [0.2, 0.25) is 0 Å². The van der Waals surface area contributed by atoms with E-state index in [0.29, 0.717) is 0 Å². The highest BCUT2D eigenvalue weighted by Gasteiger charge is 2.06. The molecule has 1 aromatic rings. The highest BCUT2D eigenvalue weighted by atomic mass is 32.1. The second kappa shape index (κ2) is 6.74. The third kappa shape index (κ3) is 4.13. The first kappa shape index (κ1) is 12.4. The van der Waals surface area contributed by atoms with Gasteiger partial charge in [0.1, 0.15) is 5.01 Å². The Kier molecular flexibility index (Phi) is 5.57. The predicted octanol–water partition coefficient (Wildman–Crippen LogP) is 2.20. The summed E-state index contributed by atoms with van der Waals surface area (Å²) in [5, 5.41) is 13.6. The van der Waals surface area contributed by atoms with Crippen LogP contribution in [0.4, 0.5) is 5.13 Å². The Hall–Kier alpha value is -0.680. The average molecular weight is 228 g/mol. The largest absolute Gasteiger partial charge is 0.360 e. The molecule has 15 heavy (non-hydrogen) atoms. The van der Waals surface area contributed by atoms with Gasteiger partial charge in [-0.25, -0.2) is 0 Å². The van der Waals surface area contributed by atoms with E-state index in [-0.39, 0.29) is 0 Å². The van der Waals surface area contributed by atoms with E-state index in [2.05, 4.69) is 41.2 Å². The van der Waals surface area contributed by atoms with E-state index in [1.54, 1.807) is 11.3 Å². The van der Waals surface area contributed by atoms with Crippen molar-refractivity contribution >= 4 is 16.5 Å². The van der Waals surface area contributed by atoms with Crippen LogP contribution in [0.25, 0.3) is 0 Å². The molecule has 0 bridgehead atoms. The summed E-state index contributed by atoms with van der Waals surface area (Å²) in [6.45, 7) is 10.5.